The molecule has 3 rings (SSSR count). The van der Waals surface area contributed by atoms with Gasteiger partial charge < -0.3 is 15.4 Å². The first-order valence-electron chi connectivity index (χ1n) is 6.53. The Bertz CT molecular complexity index is 626. The molecule has 1 amide bonds. The maximum atomic E-state index is 12.4. The molecule has 1 aromatic heterocycles. The van der Waals surface area contributed by atoms with Gasteiger partial charge in [0.2, 0.25) is 0 Å². The third kappa shape index (κ3) is 2.35. The van der Waals surface area contributed by atoms with E-state index in [2.05, 4.69) is 20.6 Å². The molecule has 104 valence electrons. The maximum absolute atomic E-state index is 12.4. The Balaban J connectivity index is 1.86. The van der Waals surface area contributed by atoms with Gasteiger partial charge in [-0.3, -0.25) is 14.8 Å². The summed E-state index contributed by atoms with van der Waals surface area (Å²) in [5, 5.41) is 6.19. The second kappa shape index (κ2) is 5.52. The molecule has 0 bridgehead atoms. The van der Waals surface area contributed by atoms with E-state index in [-0.39, 0.29) is 18.1 Å². The Kier molecular flexibility index (Phi) is 3.58. The highest BCUT2D eigenvalue weighted by Gasteiger charge is 2.28. The van der Waals surface area contributed by atoms with Gasteiger partial charge in [0.1, 0.15) is 5.52 Å². The molecule has 1 unspecified atom stereocenters. The lowest BCUT2D eigenvalue weighted by Gasteiger charge is -2.18. The molecule has 2 heterocycles. The molecule has 2 aromatic rings. The minimum absolute atomic E-state index is 0.00000982. The third-order valence-electron chi connectivity index (χ3n) is 3.52. The highest BCUT2D eigenvalue weighted by Crippen LogP contribution is 2.14. The maximum Gasteiger partial charge on any atom is 0.253 e. The van der Waals surface area contributed by atoms with Gasteiger partial charge >= 0.3 is 0 Å². The molecule has 2 atom stereocenters. The van der Waals surface area contributed by atoms with Crippen molar-refractivity contribution < 1.29 is 9.53 Å². The molecule has 0 saturated carbocycles. The van der Waals surface area contributed by atoms with E-state index in [4.69, 9.17) is 4.74 Å². The van der Waals surface area contributed by atoms with Crippen LogP contribution in [0.25, 0.3) is 11.0 Å². The van der Waals surface area contributed by atoms with Crippen LogP contribution in [0.1, 0.15) is 10.4 Å². The molecule has 1 fully saturated rings. The summed E-state index contributed by atoms with van der Waals surface area (Å²) in [6.07, 6.45) is 3.21. The number of hydrogen-bond acceptors (Lipinski definition) is 5. The van der Waals surface area contributed by atoms with Gasteiger partial charge in [-0.2, -0.15) is 0 Å². The zero-order chi connectivity index (χ0) is 13.9. The van der Waals surface area contributed by atoms with Gasteiger partial charge in [0.05, 0.1) is 23.2 Å². The van der Waals surface area contributed by atoms with E-state index < -0.39 is 0 Å². The number of benzene rings is 1. The van der Waals surface area contributed by atoms with Gasteiger partial charge in [-0.1, -0.05) is 6.07 Å². The standard InChI is InChI=1S/C14H16N4O2/c1-20-12-8-15-7-11(12)18-14(19)9-3-2-4-10-13(9)17-6-5-16-10/h2-6,11-12,15H,7-8H2,1H3,(H,18,19)/t11?,12-/m0/s1. The van der Waals surface area contributed by atoms with Crippen molar-refractivity contribution in [1.29, 1.82) is 0 Å². The summed E-state index contributed by atoms with van der Waals surface area (Å²) in [6.45, 7) is 1.46. The van der Waals surface area contributed by atoms with Crippen LogP contribution in [0.5, 0.6) is 0 Å². The number of aromatic nitrogens is 2. The van der Waals surface area contributed by atoms with Gasteiger partial charge in [-0.15, -0.1) is 0 Å². The Morgan fingerprint density at radius 1 is 1.35 bits per heavy atom. The number of carbonyl (C=O) groups is 1. The first-order chi connectivity index (χ1) is 9.79. The number of amides is 1. The Labute approximate surface area is 116 Å². The minimum Gasteiger partial charge on any atom is -0.378 e. The van der Waals surface area contributed by atoms with Crippen LogP contribution < -0.4 is 10.6 Å². The summed E-state index contributed by atoms with van der Waals surface area (Å²) in [5.74, 6) is -0.146. The fraction of sp³-hybridized carbons (Fsp3) is 0.357. The minimum atomic E-state index is -0.146. The number of fused-ring (bicyclic) bond motifs is 1. The summed E-state index contributed by atoms with van der Waals surface area (Å²) < 4.78 is 5.34. The molecular weight excluding hydrogens is 256 g/mol. The molecule has 1 aliphatic rings. The molecule has 6 nitrogen and oxygen atoms in total. The Hall–Kier alpha value is -2.05. The number of carbonyl (C=O) groups excluding carboxylic acids is 1. The molecule has 1 saturated heterocycles. The second-order valence-electron chi connectivity index (χ2n) is 4.74. The molecule has 20 heavy (non-hydrogen) atoms. The number of hydrogen-bond donors (Lipinski definition) is 2. The molecule has 1 aliphatic heterocycles. The van der Waals surface area contributed by atoms with E-state index in [1.165, 1.54) is 0 Å². The lowest BCUT2D eigenvalue weighted by Crippen LogP contribution is -2.43. The quantitative estimate of drug-likeness (QED) is 0.843. The number of ether oxygens (including phenoxy) is 1. The van der Waals surface area contributed by atoms with E-state index in [1.54, 1.807) is 25.6 Å². The van der Waals surface area contributed by atoms with Gasteiger partial charge in [-0.25, -0.2) is 0 Å². The number of nitrogens with one attached hydrogen (secondary N) is 2. The van der Waals surface area contributed by atoms with E-state index in [1.807, 2.05) is 12.1 Å². The highest BCUT2D eigenvalue weighted by molar-refractivity contribution is 6.04. The zero-order valence-corrected chi connectivity index (χ0v) is 11.2. The monoisotopic (exact) mass is 272 g/mol. The van der Waals surface area contributed by atoms with Gasteiger partial charge in [0.15, 0.2) is 0 Å². The van der Waals surface area contributed by atoms with Crippen molar-refractivity contribution >= 4 is 16.9 Å². The van der Waals surface area contributed by atoms with E-state index in [0.29, 0.717) is 23.1 Å². The Morgan fingerprint density at radius 3 is 3.05 bits per heavy atom. The number of rotatable bonds is 3. The van der Waals surface area contributed by atoms with Crippen LogP contribution in [0.4, 0.5) is 0 Å². The molecule has 6 heteroatoms. The zero-order valence-electron chi connectivity index (χ0n) is 11.2. The lowest BCUT2D eigenvalue weighted by atomic mass is 10.1. The van der Waals surface area contributed by atoms with Gasteiger partial charge in [-0.05, 0) is 12.1 Å². The predicted octanol–water partition coefficient (Wildman–Crippen LogP) is 0.346. The van der Waals surface area contributed by atoms with Crippen LogP contribution in [0.15, 0.2) is 30.6 Å². The highest BCUT2D eigenvalue weighted by atomic mass is 16.5. The summed E-state index contributed by atoms with van der Waals surface area (Å²) in [7, 11) is 1.65. The van der Waals surface area contributed by atoms with Crippen LogP contribution in [0, 0.1) is 0 Å². The fourth-order valence-electron chi connectivity index (χ4n) is 2.47. The van der Waals surface area contributed by atoms with E-state index in [9.17, 15) is 4.79 Å². The largest absolute Gasteiger partial charge is 0.378 e. The van der Waals surface area contributed by atoms with E-state index in [0.717, 1.165) is 6.54 Å². The summed E-state index contributed by atoms with van der Waals surface area (Å²) in [5.41, 5.74) is 1.87. The van der Waals surface area contributed by atoms with Crippen LogP contribution in [0.2, 0.25) is 0 Å². The predicted molar refractivity (Wildman–Crippen MR) is 74.5 cm³/mol. The van der Waals surface area contributed by atoms with Crippen molar-refractivity contribution in [3.05, 3.63) is 36.2 Å². The molecule has 0 aliphatic carbocycles. The summed E-state index contributed by atoms with van der Waals surface area (Å²) >= 11 is 0. The van der Waals surface area contributed by atoms with Crippen LogP contribution >= 0.6 is 0 Å². The van der Waals surface area contributed by atoms with Crippen molar-refractivity contribution in [1.82, 2.24) is 20.6 Å². The average molecular weight is 272 g/mol. The average Bonchev–Trinajstić information content (AvgIpc) is 2.93. The van der Waals surface area contributed by atoms with Crippen molar-refractivity contribution in [3.63, 3.8) is 0 Å². The number of methoxy groups -OCH3 is 1. The normalized spacial score (nSPS) is 22.1. The smallest absolute Gasteiger partial charge is 0.253 e. The SMILES string of the molecule is CO[C@H]1CNCC1NC(=O)c1cccc2nccnc12. The Morgan fingerprint density at radius 2 is 2.20 bits per heavy atom. The first kappa shape index (κ1) is 13.0. The summed E-state index contributed by atoms with van der Waals surface area (Å²) in [6, 6.07) is 5.39. The van der Waals surface area contributed by atoms with Gasteiger partial charge in [0.25, 0.3) is 5.91 Å². The topological polar surface area (TPSA) is 76.1 Å². The fourth-order valence-corrected chi connectivity index (χ4v) is 2.47. The number of para-hydroxylation sites is 1. The molecular formula is C14H16N4O2. The molecule has 2 N–H and O–H groups in total. The van der Waals surface area contributed by atoms with Gasteiger partial charge in [0, 0.05) is 32.6 Å². The van der Waals surface area contributed by atoms with Crippen LogP contribution in [-0.4, -0.2) is 48.2 Å². The van der Waals surface area contributed by atoms with Crippen molar-refractivity contribution in [2.24, 2.45) is 0 Å². The molecule has 0 radical (unpaired) electrons. The number of nitrogens with zero attached hydrogens (tertiary/aromatic N) is 2. The summed E-state index contributed by atoms with van der Waals surface area (Å²) in [4.78, 5) is 20.9. The first-order valence-corrected chi connectivity index (χ1v) is 6.53. The lowest BCUT2D eigenvalue weighted by molar-refractivity contribution is 0.0781. The van der Waals surface area contributed by atoms with Crippen LogP contribution in [0.3, 0.4) is 0 Å². The van der Waals surface area contributed by atoms with Crippen LogP contribution in [-0.2, 0) is 4.74 Å². The van der Waals surface area contributed by atoms with Crippen molar-refractivity contribution in [3.8, 4) is 0 Å². The van der Waals surface area contributed by atoms with Crippen molar-refractivity contribution in [2.45, 2.75) is 12.1 Å². The second-order valence-corrected chi connectivity index (χ2v) is 4.74. The third-order valence-corrected chi connectivity index (χ3v) is 3.52. The molecule has 0 spiro atoms. The molecule has 1 aromatic carbocycles. The van der Waals surface area contributed by atoms with Crippen molar-refractivity contribution in [2.75, 3.05) is 20.2 Å². The van der Waals surface area contributed by atoms with E-state index >= 15 is 0 Å².